The van der Waals surface area contributed by atoms with Crippen LogP contribution in [0.15, 0.2) is 30.3 Å². The molecule has 1 aliphatic rings. The molecule has 22 heavy (non-hydrogen) atoms. The van der Waals surface area contributed by atoms with Gasteiger partial charge in [0.15, 0.2) is 0 Å². The molecule has 0 bridgehead atoms. The molecule has 1 aliphatic heterocycles. The van der Waals surface area contributed by atoms with Crippen LogP contribution in [0.2, 0.25) is 0 Å². The third-order valence-corrected chi connectivity index (χ3v) is 4.27. The fraction of sp³-hybridized carbons (Fsp3) is 0.412. The summed E-state index contributed by atoms with van der Waals surface area (Å²) in [5.41, 5.74) is 3.78. The number of nitrogens with zero attached hydrogens (tertiary/aromatic N) is 3. The van der Waals surface area contributed by atoms with Gasteiger partial charge in [0.2, 0.25) is 0 Å². The molecule has 3 rings (SSSR count). The van der Waals surface area contributed by atoms with E-state index >= 15 is 0 Å². The molecule has 1 amide bonds. The Morgan fingerprint density at radius 1 is 1.32 bits per heavy atom. The van der Waals surface area contributed by atoms with Crippen LogP contribution in [0.5, 0.6) is 0 Å². The van der Waals surface area contributed by atoms with E-state index < -0.39 is 0 Å². The van der Waals surface area contributed by atoms with E-state index in [1.807, 2.05) is 60.8 Å². The average molecular weight is 298 g/mol. The van der Waals surface area contributed by atoms with Crippen molar-refractivity contribution in [1.29, 1.82) is 0 Å². The van der Waals surface area contributed by atoms with Crippen LogP contribution in [0.4, 0.5) is 0 Å². The summed E-state index contributed by atoms with van der Waals surface area (Å²) in [5, 5.41) is 7.76. The summed E-state index contributed by atoms with van der Waals surface area (Å²) in [6.45, 7) is 5.87. The van der Waals surface area contributed by atoms with Crippen LogP contribution in [0.25, 0.3) is 5.69 Å². The molecule has 0 aliphatic carbocycles. The first kappa shape index (κ1) is 14.8. The predicted octanol–water partition coefficient (Wildman–Crippen LogP) is 1.92. The predicted molar refractivity (Wildman–Crippen MR) is 86.4 cm³/mol. The lowest BCUT2D eigenvalue weighted by Gasteiger charge is -2.23. The standard InChI is InChI=1S/C17H22N4O/c1-12-10-13(2)21(19-12)15-6-4-14(5-7-15)17(22)20(3)16-8-9-18-11-16/h4-7,10,16,18H,8-9,11H2,1-3H3/t16-/m1/s1. The molecule has 1 saturated heterocycles. The molecule has 0 spiro atoms. The number of aromatic nitrogens is 2. The normalized spacial score (nSPS) is 17.7. The molecule has 5 heteroatoms. The van der Waals surface area contributed by atoms with Crippen molar-refractivity contribution < 1.29 is 4.79 Å². The Morgan fingerprint density at radius 2 is 2.05 bits per heavy atom. The largest absolute Gasteiger partial charge is 0.337 e. The number of aryl methyl sites for hydroxylation is 2. The number of carbonyl (C=O) groups excluding carboxylic acids is 1. The number of rotatable bonds is 3. The molecule has 1 aromatic carbocycles. The summed E-state index contributed by atoms with van der Waals surface area (Å²) in [5.74, 6) is 0.0774. The van der Waals surface area contributed by atoms with Gasteiger partial charge in [-0.1, -0.05) is 0 Å². The van der Waals surface area contributed by atoms with E-state index in [-0.39, 0.29) is 5.91 Å². The van der Waals surface area contributed by atoms with Gasteiger partial charge >= 0.3 is 0 Å². The Bertz CT molecular complexity index is 668. The van der Waals surface area contributed by atoms with Crippen molar-refractivity contribution in [3.8, 4) is 5.69 Å². The Labute approximate surface area is 130 Å². The van der Waals surface area contributed by atoms with Gasteiger partial charge in [-0.3, -0.25) is 4.79 Å². The summed E-state index contributed by atoms with van der Waals surface area (Å²) < 4.78 is 1.90. The highest BCUT2D eigenvalue weighted by molar-refractivity contribution is 5.94. The van der Waals surface area contributed by atoms with Gasteiger partial charge in [-0.15, -0.1) is 0 Å². The maximum atomic E-state index is 12.5. The van der Waals surface area contributed by atoms with E-state index in [0.29, 0.717) is 6.04 Å². The highest BCUT2D eigenvalue weighted by Gasteiger charge is 2.23. The Hall–Kier alpha value is -2.14. The number of hydrogen-bond acceptors (Lipinski definition) is 3. The van der Waals surface area contributed by atoms with Crippen molar-refractivity contribution in [1.82, 2.24) is 20.0 Å². The van der Waals surface area contributed by atoms with Crippen LogP contribution in [-0.4, -0.2) is 46.8 Å². The number of hydrogen-bond donors (Lipinski definition) is 1. The highest BCUT2D eigenvalue weighted by Crippen LogP contribution is 2.16. The maximum Gasteiger partial charge on any atom is 0.253 e. The van der Waals surface area contributed by atoms with Gasteiger partial charge in [-0.25, -0.2) is 4.68 Å². The van der Waals surface area contributed by atoms with Gasteiger partial charge in [-0.2, -0.15) is 5.10 Å². The highest BCUT2D eigenvalue weighted by atomic mass is 16.2. The quantitative estimate of drug-likeness (QED) is 0.942. The smallest absolute Gasteiger partial charge is 0.253 e. The third-order valence-electron chi connectivity index (χ3n) is 4.27. The second-order valence-electron chi connectivity index (χ2n) is 5.95. The van der Waals surface area contributed by atoms with E-state index in [1.165, 1.54) is 0 Å². The van der Waals surface area contributed by atoms with Crippen molar-refractivity contribution in [2.24, 2.45) is 0 Å². The lowest BCUT2D eigenvalue weighted by molar-refractivity contribution is 0.0744. The van der Waals surface area contributed by atoms with Crippen molar-refractivity contribution in [2.45, 2.75) is 26.3 Å². The molecule has 1 aromatic heterocycles. The number of nitrogens with one attached hydrogen (secondary N) is 1. The zero-order valence-corrected chi connectivity index (χ0v) is 13.3. The molecular formula is C17H22N4O. The second-order valence-corrected chi connectivity index (χ2v) is 5.95. The lowest BCUT2D eigenvalue weighted by Crippen LogP contribution is -2.38. The topological polar surface area (TPSA) is 50.2 Å². The lowest BCUT2D eigenvalue weighted by atomic mass is 10.1. The number of amides is 1. The van der Waals surface area contributed by atoms with Crippen molar-refractivity contribution >= 4 is 5.91 Å². The van der Waals surface area contributed by atoms with E-state index in [2.05, 4.69) is 10.4 Å². The Morgan fingerprint density at radius 3 is 2.59 bits per heavy atom. The number of likely N-dealkylation sites (N-methyl/N-ethyl adjacent to an activating group) is 1. The Kier molecular flexibility index (Phi) is 3.98. The molecule has 0 saturated carbocycles. The van der Waals surface area contributed by atoms with E-state index in [1.54, 1.807) is 0 Å². The van der Waals surface area contributed by atoms with Gasteiger partial charge in [0.05, 0.1) is 11.4 Å². The average Bonchev–Trinajstić information content (AvgIpc) is 3.15. The fourth-order valence-electron chi connectivity index (χ4n) is 2.97. The van der Waals surface area contributed by atoms with Gasteiger partial charge < -0.3 is 10.2 Å². The van der Waals surface area contributed by atoms with E-state index in [4.69, 9.17) is 0 Å². The molecule has 2 aromatic rings. The summed E-state index contributed by atoms with van der Waals surface area (Å²) in [7, 11) is 1.88. The minimum Gasteiger partial charge on any atom is -0.337 e. The minimum absolute atomic E-state index is 0.0774. The first-order valence-electron chi connectivity index (χ1n) is 7.68. The van der Waals surface area contributed by atoms with E-state index in [9.17, 15) is 4.79 Å². The summed E-state index contributed by atoms with van der Waals surface area (Å²) in [4.78, 5) is 14.4. The summed E-state index contributed by atoms with van der Waals surface area (Å²) in [6.07, 6.45) is 1.02. The molecule has 2 heterocycles. The SMILES string of the molecule is Cc1cc(C)n(-c2ccc(C(=O)N(C)[C@@H]3CCNC3)cc2)n1. The van der Waals surface area contributed by atoms with Gasteiger partial charge in [0.1, 0.15) is 0 Å². The zero-order chi connectivity index (χ0) is 15.7. The van der Waals surface area contributed by atoms with Crippen molar-refractivity contribution in [3.05, 3.63) is 47.3 Å². The molecule has 0 radical (unpaired) electrons. The van der Waals surface area contributed by atoms with Crippen LogP contribution in [-0.2, 0) is 0 Å². The van der Waals surface area contributed by atoms with Crippen LogP contribution < -0.4 is 5.32 Å². The van der Waals surface area contributed by atoms with Crippen molar-refractivity contribution in [3.63, 3.8) is 0 Å². The molecular weight excluding hydrogens is 276 g/mol. The molecule has 116 valence electrons. The van der Waals surface area contributed by atoms with Crippen LogP contribution >= 0.6 is 0 Å². The zero-order valence-electron chi connectivity index (χ0n) is 13.3. The van der Waals surface area contributed by atoms with Gasteiger partial charge in [0, 0.05) is 30.9 Å². The first-order chi connectivity index (χ1) is 10.6. The van der Waals surface area contributed by atoms with Crippen molar-refractivity contribution in [2.75, 3.05) is 20.1 Å². The summed E-state index contributed by atoms with van der Waals surface area (Å²) >= 11 is 0. The summed E-state index contributed by atoms with van der Waals surface area (Å²) in [6, 6.07) is 10.0. The Balaban J connectivity index is 1.79. The molecule has 5 nitrogen and oxygen atoms in total. The number of carbonyl (C=O) groups is 1. The fourth-order valence-corrected chi connectivity index (χ4v) is 2.97. The maximum absolute atomic E-state index is 12.5. The van der Waals surface area contributed by atoms with Crippen LogP contribution in [0.1, 0.15) is 28.2 Å². The molecule has 1 fully saturated rings. The van der Waals surface area contributed by atoms with E-state index in [0.717, 1.165) is 42.1 Å². The van der Waals surface area contributed by atoms with Crippen LogP contribution in [0, 0.1) is 13.8 Å². The monoisotopic (exact) mass is 298 g/mol. The molecule has 1 atom stereocenters. The number of benzene rings is 1. The second kappa shape index (κ2) is 5.93. The first-order valence-corrected chi connectivity index (χ1v) is 7.68. The molecule has 1 N–H and O–H groups in total. The van der Waals surface area contributed by atoms with Gasteiger partial charge in [0.25, 0.3) is 5.91 Å². The minimum atomic E-state index is 0.0774. The van der Waals surface area contributed by atoms with Crippen LogP contribution in [0.3, 0.4) is 0 Å². The molecule has 0 unspecified atom stereocenters. The van der Waals surface area contributed by atoms with Gasteiger partial charge in [-0.05, 0) is 57.1 Å². The third kappa shape index (κ3) is 2.76.